The minimum absolute atomic E-state index is 0.0391. The van der Waals surface area contributed by atoms with Crippen LogP contribution in [0.25, 0.3) is 0 Å². The molecule has 0 N–H and O–H groups in total. The molecule has 0 aliphatic heterocycles. The normalized spacial score (nSPS) is 9.57. The third kappa shape index (κ3) is 2.53. The largest absolute Gasteiger partial charge is 0.461 e. The molecule has 1 heterocycles. The average Bonchev–Trinajstić information content (AvgIpc) is 2.18. The molecule has 0 spiro atoms. The van der Waals surface area contributed by atoms with Crippen molar-refractivity contribution in [2.24, 2.45) is 0 Å². The molecule has 0 unspecified atom stereocenters. The number of carbonyl (C=O) groups excluding carboxylic acids is 2. The summed E-state index contributed by atoms with van der Waals surface area (Å²) in [5.41, 5.74) is 0.121. The van der Waals surface area contributed by atoms with Crippen LogP contribution in [0.1, 0.15) is 27.9 Å². The molecule has 0 radical (unpaired) electrons. The Hall–Kier alpha value is -1.42. The Morgan fingerprint density at radius 3 is 2.64 bits per heavy atom. The fourth-order valence-corrected chi connectivity index (χ4v) is 0.968. The van der Waals surface area contributed by atoms with Gasteiger partial charge in [0.05, 0.1) is 6.61 Å². The molecule has 0 aliphatic carbocycles. The van der Waals surface area contributed by atoms with Gasteiger partial charge in [-0.15, -0.1) is 0 Å². The SMILES string of the molecule is CCOC(=O)c1cccc(C(=O)Cl)n1. The standard InChI is InChI=1S/C9H8ClNO3/c1-2-14-9(13)7-5-3-4-6(11-7)8(10)12/h3-5H,2H2,1H3. The van der Waals surface area contributed by atoms with Gasteiger partial charge in [0.25, 0.3) is 5.24 Å². The van der Waals surface area contributed by atoms with Gasteiger partial charge < -0.3 is 4.74 Å². The molecular weight excluding hydrogens is 206 g/mol. The molecule has 1 aromatic rings. The van der Waals surface area contributed by atoms with Crippen molar-refractivity contribution < 1.29 is 14.3 Å². The van der Waals surface area contributed by atoms with Crippen molar-refractivity contribution in [3.63, 3.8) is 0 Å². The van der Waals surface area contributed by atoms with Gasteiger partial charge in [-0.1, -0.05) is 6.07 Å². The van der Waals surface area contributed by atoms with Gasteiger partial charge in [-0.2, -0.15) is 0 Å². The van der Waals surface area contributed by atoms with E-state index in [1.165, 1.54) is 18.2 Å². The number of rotatable bonds is 3. The number of hydrogen-bond acceptors (Lipinski definition) is 4. The van der Waals surface area contributed by atoms with E-state index in [-0.39, 0.29) is 18.0 Å². The monoisotopic (exact) mass is 213 g/mol. The zero-order valence-electron chi connectivity index (χ0n) is 7.49. The molecule has 0 aliphatic rings. The quantitative estimate of drug-likeness (QED) is 0.566. The second-order valence-corrected chi connectivity index (χ2v) is 2.75. The molecule has 1 aromatic heterocycles. The van der Waals surface area contributed by atoms with Crippen LogP contribution < -0.4 is 0 Å². The second kappa shape index (κ2) is 4.72. The maximum absolute atomic E-state index is 11.2. The third-order valence-electron chi connectivity index (χ3n) is 1.44. The summed E-state index contributed by atoms with van der Waals surface area (Å²) in [5.74, 6) is -0.563. The first-order chi connectivity index (χ1) is 6.65. The third-order valence-corrected chi connectivity index (χ3v) is 1.63. The maximum atomic E-state index is 11.2. The highest BCUT2D eigenvalue weighted by Crippen LogP contribution is 2.04. The van der Waals surface area contributed by atoms with Gasteiger partial charge in [0.2, 0.25) is 0 Å². The summed E-state index contributed by atoms with van der Waals surface area (Å²) in [4.78, 5) is 25.6. The first-order valence-corrected chi connectivity index (χ1v) is 4.37. The van der Waals surface area contributed by atoms with E-state index in [4.69, 9.17) is 16.3 Å². The lowest BCUT2D eigenvalue weighted by Gasteiger charge is -2.00. The maximum Gasteiger partial charge on any atom is 0.356 e. The number of nitrogens with zero attached hydrogens (tertiary/aromatic N) is 1. The topological polar surface area (TPSA) is 56.3 Å². The highest BCUT2D eigenvalue weighted by Gasteiger charge is 2.10. The van der Waals surface area contributed by atoms with Crippen molar-refractivity contribution in [2.75, 3.05) is 6.61 Å². The van der Waals surface area contributed by atoms with Gasteiger partial charge in [-0.3, -0.25) is 4.79 Å². The molecule has 0 bridgehead atoms. The first kappa shape index (κ1) is 10.7. The zero-order valence-corrected chi connectivity index (χ0v) is 8.25. The van der Waals surface area contributed by atoms with Crippen LogP contribution >= 0.6 is 11.6 Å². The molecule has 1 rings (SSSR count). The van der Waals surface area contributed by atoms with Gasteiger partial charge in [0, 0.05) is 0 Å². The average molecular weight is 214 g/mol. The minimum Gasteiger partial charge on any atom is -0.461 e. The van der Waals surface area contributed by atoms with Crippen molar-refractivity contribution in [1.82, 2.24) is 4.98 Å². The summed E-state index contributed by atoms with van der Waals surface area (Å²) in [6, 6.07) is 4.41. The number of pyridine rings is 1. The zero-order chi connectivity index (χ0) is 10.6. The van der Waals surface area contributed by atoms with Crippen LogP contribution in [0.5, 0.6) is 0 Å². The molecule has 74 valence electrons. The lowest BCUT2D eigenvalue weighted by molar-refractivity contribution is 0.0519. The van der Waals surface area contributed by atoms with E-state index in [1.807, 2.05) is 0 Å². The van der Waals surface area contributed by atoms with E-state index in [2.05, 4.69) is 4.98 Å². The Morgan fingerprint density at radius 1 is 1.43 bits per heavy atom. The molecular formula is C9H8ClNO3. The molecule has 0 fully saturated rings. The minimum atomic E-state index is -0.698. The smallest absolute Gasteiger partial charge is 0.356 e. The molecule has 0 amide bonds. The van der Waals surface area contributed by atoms with Crippen LogP contribution in [0.4, 0.5) is 0 Å². The highest BCUT2D eigenvalue weighted by molar-refractivity contribution is 6.67. The summed E-state index contributed by atoms with van der Waals surface area (Å²) >= 11 is 5.20. The summed E-state index contributed by atoms with van der Waals surface area (Å²) in [6.45, 7) is 1.95. The van der Waals surface area contributed by atoms with Crippen LogP contribution in [0.15, 0.2) is 18.2 Å². The van der Waals surface area contributed by atoms with Crippen molar-refractivity contribution in [2.45, 2.75) is 6.92 Å². The number of hydrogen-bond donors (Lipinski definition) is 0. The second-order valence-electron chi connectivity index (χ2n) is 2.40. The van der Waals surface area contributed by atoms with Gasteiger partial charge in [-0.25, -0.2) is 9.78 Å². The Labute approximate surface area is 85.9 Å². The lowest BCUT2D eigenvalue weighted by atomic mass is 10.3. The van der Waals surface area contributed by atoms with Gasteiger partial charge >= 0.3 is 5.97 Å². The molecule has 0 atom stereocenters. The number of ether oxygens (including phenoxy) is 1. The van der Waals surface area contributed by atoms with E-state index >= 15 is 0 Å². The fourth-order valence-electron chi connectivity index (χ4n) is 0.863. The first-order valence-electron chi connectivity index (χ1n) is 3.99. The lowest BCUT2D eigenvalue weighted by Crippen LogP contribution is -2.08. The molecule has 14 heavy (non-hydrogen) atoms. The Balaban J connectivity index is 2.93. The molecule has 0 saturated heterocycles. The van der Waals surface area contributed by atoms with Gasteiger partial charge in [0.15, 0.2) is 0 Å². The fraction of sp³-hybridized carbons (Fsp3) is 0.222. The Kier molecular flexibility index (Phi) is 3.59. The molecule has 4 nitrogen and oxygen atoms in total. The number of carbonyl (C=O) groups is 2. The highest BCUT2D eigenvalue weighted by atomic mass is 35.5. The van der Waals surface area contributed by atoms with Gasteiger partial charge in [-0.05, 0) is 30.7 Å². The molecule has 0 saturated carbocycles. The Bertz CT molecular complexity index is 365. The van der Waals surface area contributed by atoms with E-state index < -0.39 is 11.2 Å². The van der Waals surface area contributed by atoms with Crippen LogP contribution in [0, 0.1) is 0 Å². The van der Waals surface area contributed by atoms with Gasteiger partial charge in [0.1, 0.15) is 11.4 Å². The van der Waals surface area contributed by atoms with E-state index in [9.17, 15) is 9.59 Å². The van der Waals surface area contributed by atoms with Crippen LogP contribution in [-0.2, 0) is 4.74 Å². The van der Waals surface area contributed by atoms with Crippen molar-refractivity contribution in [3.8, 4) is 0 Å². The van der Waals surface area contributed by atoms with Crippen molar-refractivity contribution in [3.05, 3.63) is 29.6 Å². The molecule has 5 heteroatoms. The number of halogens is 1. The predicted molar refractivity (Wildman–Crippen MR) is 50.4 cm³/mol. The molecule has 0 aromatic carbocycles. The van der Waals surface area contributed by atoms with E-state index in [1.54, 1.807) is 6.92 Å². The summed E-state index contributed by atoms with van der Waals surface area (Å²) in [6.07, 6.45) is 0. The number of aromatic nitrogens is 1. The van der Waals surface area contributed by atoms with Crippen LogP contribution in [-0.4, -0.2) is 22.8 Å². The van der Waals surface area contributed by atoms with E-state index in [0.29, 0.717) is 0 Å². The van der Waals surface area contributed by atoms with Crippen molar-refractivity contribution >= 4 is 22.8 Å². The van der Waals surface area contributed by atoms with E-state index in [0.717, 1.165) is 0 Å². The van der Waals surface area contributed by atoms with Crippen LogP contribution in [0.2, 0.25) is 0 Å². The van der Waals surface area contributed by atoms with Crippen LogP contribution in [0.3, 0.4) is 0 Å². The summed E-state index contributed by atoms with van der Waals surface area (Å²) in [7, 11) is 0. The Morgan fingerprint density at radius 2 is 2.07 bits per heavy atom. The van der Waals surface area contributed by atoms with Crippen molar-refractivity contribution in [1.29, 1.82) is 0 Å². The number of esters is 1. The summed E-state index contributed by atoms with van der Waals surface area (Å²) < 4.78 is 4.71. The predicted octanol–water partition coefficient (Wildman–Crippen LogP) is 1.64. The summed E-state index contributed by atoms with van der Waals surface area (Å²) in [5, 5.41) is -0.698.